The quantitative estimate of drug-likeness (QED) is 0.498. The maximum atomic E-state index is 13.0. The summed E-state index contributed by atoms with van der Waals surface area (Å²) in [7, 11) is 0. The molecule has 1 saturated carbocycles. The van der Waals surface area contributed by atoms with Crippen LogP contribution in [0.4, 0.5) is 11.4 Å². The van der Waals surface area contributed by atoms with Crippen molar-refractivity contribution in [3.63, 3.8) is 0 Å². The van der Waals surface area contributed by atoms with Crippen molar-refractivity contribution in [1.29, 1.82) is 0 Å². The van der Waals surface area contributed by atoms with E-state index in [1.54, 1.807) is 11.8 Å². The molecule has 2 aromatic carbocycles. The van der Waals surface area contributed by atoms with Crippen LogP contribution in [0.2, 0.25) is 5.02 Å². The Bertz CT molecular complexity index is 1000. The largest absolute Gasteiger partial charge is 0.479 e. The first kappa shape index (κ1) is 23.6. The van der Waals surface area contributed by atoms with E-state index in [1.165, 1.54) is 19.3 Å². The van der Waals surface area contributed by atoms with E-state index in [4.69, 9.17) is 16.3 Å². The maximum Gasteiger partial charge on any atom is 0.268 e. The van der Waals surface area contributed by atoms with E-state index < -0.39 is 6.10 Å². The van der Waals surface area contributed by atoms with E-state index in [-0.39, 0.29) is 17.7 Å². The van der Waals surface area contributed by atoms with Crippen LogP contribution in [-0.4, -0.2) is 17.9 Å². The number of benzene rings is 2. The molecule has 33 heavy (non-hydrogen) atoms. The molecule has 5 nitrogen and oxygen atoms in total. The predicted octanol–water partition coefficient (Wildman–Crippen LogP) is 6.59. The SMILES string of the molecule is CCCCC1CCC(C(=O)Nc2ccc3c(c2)N(Cc2ccccc2Cl)C(=O)C(C)O3)CC1. The number of amides is 2. The third-order valence-electron chi connectivity index (χ3n) is 6.90. The smallest absolute Gasteiger partial charge is 0.268 e. The minimum atomic E-state index is -0.580. The van der Waals surface area contributed by atoms with E-state index in [9.17, 15) is 9.59 Å². The Balaban J connectivity index is 1.47. The van der Waals surface area contributed by atoms with Crippen molar-refractivity contribution < 1.29 is 14.3 Å². The third-order valence-corrected chi connectivity index (χ3v) is 7.27. The number of fused-ring (bicyclic) bond motifs is 1. The monoisotopic (exact) mass is 468 g/mol. The Kier molecular flexibility index (Phi) is 7.59. The van der Waals surface area contributed by atoms with Crippen LogP contribution < -0.4 is 15.0 Å². The summed E-state index contributed by atoms with van der Waals surface area (Å²) in [5.74, 6) is 1.38. The number of nitrogens with one attached hydrogen (secondary N) is 1. The van der Waals surface area contributed by atoms with Crippen LogP contribution in [0.1, 0.15) is 64.4 Å². The molecule has 1 fully saturated rings. The molecular weight excluding hydrogens is 436 g/mol. The summed E-state index contributed by atoms with van der Waals surface area (Å²) < 4.78 is 5.83. The lowest BCUT2D eigenvalue weighted by Gasteiger charge is -2.33. The number of ether oxygens (including phenoxy) is 1. The molecule has 0 spiro atoms. The van der Waals surface area contributed by atoms with Gasteiger partial charge in [0.25, 0.3) is 5.91 Å². The minimum absolute atomic E-state index is 0.0519. The first-order valence-electron chi connectivity index (χ1n) is 12.1. The number of nitrogens with zero attached hydrogens (tertiary/aromatic N) is 1. The molecule has 0 bridgehead atoms. The molecule has 1 aliphatic carbocycles. The van der Waals surface area contributed by atoms with E-state index in [0.717, 1.165) is 37.2 Å². The molecule has 1 N–H and O–H groups in total. The van der Waals surface area contributed by atoms with Gasteiger partial charge in [-0.15, -0.1) is 0 Å². The van der Waals surface area contributed by atoms with Gasteiger partial charge < -0.3 is 15.0 Å². The van der Waals surface area contributed by atoms with Gasteiger partial charge in [0.2, 0.25) is 5.91 Å². The first-order valence-corrected chi connectivity index (χ1v) is 12.5. The summed E-state index contributed by atoms with van der Waals surface area (Å²) >= 11 is 6.35. The van der Waals surface area contributed by atoms with Crippen LogP contribution in [0, 0.1) is 11.8 Å². The molecule has 2 aliphatic rings. The highest BCUT2D eigenvalue weighted by molar-refractivity contribution is 6.31. The highest BCUT2D eigenvalue weighted by Crippen LogP contribution is 2.38. The van der Waals surface area contributed by atoms with Crippen molar-refractivity contribution in [3.05, 3.63) is 53.1 Å². The molecule has 176 valence electrons. The molecule has 6 heteroatoms. The Labute approximate surface area is 201 Å². The predicted molar refractivity (Wildman–Crippen MR) is 133 cm³/mol. The normalized spacial score (nSPS) is 22.5. The summed E-state index contributed by atoms with van der Waals surface area (Å²) in [4.78, 5) is 27.6. The zero-order valence-electron chi connectivity index (χ0n) is 19.5. The van der Waals surface area contributed by atoms with E-state index in [1.807, 2.05) is 42.5 Å². The van der Waals surface area contributed by atoms with Gasteiger partial charge >= 0.3 is 0 Å². The topological polar surface area (TPSA) is 58.6 Å². The average molecular weight is 469 g/mol. The molecular formula is C27H33ClN2O3. The molecule has 1 heterocycles. The van der Waals surface area contributed by atoms with Gasteiger partial charge in [-0.05, 0) is 68.4 Å². The molecule has 1 atom stereocenters. The Morgan fingerprint density at radius 3 is 2.64 bits per heavy atom. The number of carbonyl (C=O) groups excluding carboxylic acids is 2. The number of rotatable bonds is 7. The number of unbranched alkanes of at least 4 members (excludes halogenated alkanes) is 1. The lowest BCUT2D eigenvalue weighted by molar-refractivity contribution is -0.125. The van der Waals surface area contributed by atoms with Crippen LogP contribution in [0.5, 0.6) is 5.75 Å². The van der Waals surface area contributed by atoms with Gasteiger partial charge in [0.1, 0.15) is 5.75 Å². The Morgan fingerprint density at radius 2 is 1.91 bits per heavy atom. The zero-order chi connectivity index (χ0) is 23.4. The molecule has 1 aliphatic heterocycles. The standard InChI is InChI=1S/C27H33ClN2O3/c1-3-4-7-19-10-12-20(13-11-19)26(31)29-22-14-15-25-24(16-22)30(27(32)18(2)33-25)17-21-8-5-6-9-23(21)28/h5-6,8-9,14-16,18-20H,3-4,7,10-13,17H2,1-2H3,(H,29,31). The van der Waals surface area contributed by atoms with Gasteiger partial charge in [-0.2, -0.15) is 0 Å². The van der Waals surface area contributed by atoms with Crippen LogP contribution >= 0.6 is 11.6 Å². The molecule has 0 radical (unpaired) electrons. The first-order chi connectivity index (χ1) is 16.0. The van der Waals surface area contributed by atoms with Crippen LogP contribution in [0.3, 0.4) is 0 Å². The van der Waals surface area contributed by atoms with Crippen molar-refractivity contribution in [2.24, 2.45) is 11.8 Å². The summed E-state index contributed by atoms with van der Waals surface area (Å²) in [5, 5.41) is 3.70. The van der Waals surface area contributed by atoms with Crippen molar-refractivity contribution in [2.45, 2.75) is 71.4 Å². The third kappa shape index (κ3) is 5.52. The van der Waals surface area contributed by atoms with E-state index in [2.05, 4.69) is 12.2 Å². The van der Waals surface area contributed by atoms with Crippen LogP contribution in [0.15, 0.2) is 42.5 Å². The van der Waals surface area contributed by atoms with Gasteiger partial charge in [-0.1, -0.05) is 56.0 Å². The fourth-order valence-corrected chi connectivity index (χ4v) is 5.09. The molecule has 0 saturated heterocycles. The summed E-state index contributed by atoms with van der Waals surface area (Å²) in [6, 6.07) is 13.0. The number of hydrogen-bond acceptors (Lipinski definition) is 3. The molecule has 2 aromatic rings. The maximum absolute atomic E-state index is 13.0. The van der Waals surface area contributed by atoms with Gasteiger partial charge in [-0.25, -0.2) is 0 Å². The van der Waals surface area contributed by atoms with Gasteiger partial charge in [0.05, 0.1) is 12.2 Å². The number of hydrogen-bond donors (Lipinski definition) is 1. The summed E-state index contributed by atoms with van der Waals surface area (Å²) in [5.41, 5.74) is 2.20. The summed E-state index contributed by atoms with van der Waals surface area (Å²) in [6.07, 6.45) is 7.37. The molecule has 2 amide bonds. The van der Waals surface area contributed by atoms with Crippen molar-refractivity contribution >= 4 is 34.8 Å². The summed E-state index contributed by atoms with van der Waals surface area (Å²) in [6.45, 7) is 4.32. The average Bonchev–Trinajstić information content (AvgIpc) is 2.82. The molecule has 4 rings (SSSR count). The highest BCUT2D eigenvalue weighted by Gasteiger charge is 2.32. The second-order valence-corrected chi connectivity index (χ2v) is 9.71. The molecule has 0 aromatic heterocycles. The van der Waals surface area contributed by atoms with E-state index in [0.29, 0.717) is 28.7 Å². The Hall–Kier alpha value is -2.53. The molecule has 1 unspecified atom stereocenters. The number of anilines is 2. The van der Waals surface area contributed by atoms with E-state index >= 15 is 0 Å². The number of halogens is 1. The second-order valence-electron chi connectivity index (χ2n) is 9.31. The Morgan fingerprint density at radius 1 is 1.15 bits per heavy atom. The highest BCUT2D eigenvalue weighted by atomic mass is 35.5. The number of carbonyl (C=O) groups is 2. The fourth-order valence-electron chi connectivity index (χ4n) is 4.90. The lowest BCUT2D eigenvalue weighted by Crippen LogP contribution is -2.44. The fraction of sp³-hybridized carbons (Fsp3) is 0.481. The van der Waals surface area contributed by atoms with Crippen LogP contribution in [0.25, 0.3) is 0 Å². The van der Waals surface area contributed by atoms with Gasteiger partial charge in [0.15, 0.2) is 6.10 Å². The zero-order valence-corrected chi connectivity index (χ0v) is 20.2. The minimum Gasteiger partial charge on any atom is -0.479 e. The second kappa shape index (κ2) is 10.6. The van der Waals surface area contributed by atoms with Crippen LogP contribution in [-0.2, 0) is 16.1 Å². The van der Waals surface area contributed by atoms with Gasteiger partial charge in [0, 0.05) is 16.6 Å². The van der Waals surface area contributed by atoms with Crippen molar-refractivity contribution in [1.82, 2.24) is 0 Å². The van der Waals surface area contributed by atoms with Crippen molar-refractivity contribution in [2.75, 3.05) is 10.2 Å². The van der Waals surface area contributed by atoms with Gasteiger partial charge in [-0.3, -0.25) is 9.59 Å². The van der Waals surface area contributed by atoms with Crippen molar-refractivity contribution in [3.8, 4) is 5.75 Å². The lowest BCUT2D eigenvalue weighted by atomic mass is 9.79.